The van der Waals surface area contributed by atoms with Gasteiger partial charge in [0.1, 0.15) is 0 Å². The number of nitrogens with two attached hydrogens (primary N) is 1. The summed E-state index contributed by atoms with van der Waals surface area (Å²) in [4.78, 5) is 26.9. The molecule has 3 amide bonds. The maximum atomic E-state index is 12.5. The molecule has 1 aliphatic carbocycles. The summed E-state index contributed by atoms with van der Waals surface area (Å²) in [5, 5.41) is 8.78. The number of anilines is 2. The van der Waals surface area contributed by atoms with Crippen molar-refractivity contribution in [3.63, 3.8) is 0 Å². The number of hydrogen-bond donors (Lipinski definition) is 4. The highest BCUT2D eigenvalue weighted by Crippen LogP contribution is 2.27. The fourth-order valence-corrected chi connectivity index (χ4v) is 3.81. The first-order valence-electron chi connectivity index (χ1n) is 9.91. The third kappa shape index (κ3) is 7.33. The second kappa shape index (κ2) is 11.6. The first-order chi connectivity index (χ1) is 12.9. The smallest absolute Gasteiger partial charge is 0.319 e. The van der Waals surface area contributed by atoms with E-state index in [2.05, 4.69) is 27.9 Å². The number of nitrogens with one attached hydrogen (secondary N) is 3. The Morgan fingerprint density at radius 3 is 2.03 bits per heavy atom. The molecule has 0 bridgehead atoms. The number of hydrogen-bond acceptors (Lipinski definition) is 4. The van der Waals surface area contributed by atoms with Crippen molar-refractivity contribution >= 4 is 48.1 Å². The molecule has 2 fully saturated rings. The van der Waals surface area contributed by atoms with Crippen molar-refractivity contribution in [3.05, 3.63) is 24.3 Å². The molecule has 1 aromatic rings. The van der Waals surface area contributed by atoms with Crippen LogP contribution in [-0.4, -0.2) is 48.6 Å². The Morgan fingerprint density at radius 2 is 1.48 bits per heavy atom. The van der Waals surface area contributed by atoms with Gasteiger partial charge in [-0.15, -0.1) is 24.8 Å². The Balaban J connectivity index is 0.00000210. The topological polar surface area (TPSA) is 99.5 Å². The number of likely N-dealkylation sites (tertiary alicyclic amines) is 1. The first-order valence-corrected chi connectivity index (χ1v) is 9.91. The van der Waals surface area contributed by atoms with Gasteiger partial charge in [0, 0.05) is 17.4 Å². The minimum atomic E-state index is -0.761. The van der Waals surface area contributed by atoms with Gasteiger partial charge in [-0.05, 0) is 70.1 Å². The lowest BCUT2D eigenvalue weighted by Crippen LogP contribution is -2.52. The third-order valence-corrected chi connectivity index (χ3v) is 5.65. The van der Waals surface area contributed by atoms with E-state index >= 15 is 0 Å². The Labute approximate surface area is 185 Å². The average Bonchev–Trinajstić information content (AvgIpc) is 2.66. The van der Waals surface area contributed by atoms with Gasteiger partial charge in [-0.1, -0.05) is 19.3 Å². The predicted molar refractivity (Wildman–Crippen MR) is 122 cm³/mol. The lowest BCUT2D eigenvalue weighted by molar-refractivity contribution is -0.122. The van der Waals surface area contributed by atoms with Crippen LogP contribution in [0.25, 0.3) is 0 Å². The summed E-state index contributed by atoms with van der Waals surface area (Å²) < 4.78 is 0. The normalized spacial score (nSPS) is 19.2. The molecular weight excluding hydrogens is 413 g/mol. The Morgan fingerprint density at radius 1 is 0.966 bits per heavy atom. The number of benzene rings is 1. The van der Waals surface area contributed by atoms with Crippen LogP contribution in [0, 0.1) is 0 Å². The molecule has 164 valence electrons. The minimum absolute atomic E-state index is 0. The lowest BCUT2D eigenvalue weighted by atomic mass is 9.82. The van der Waals surface area contributed by atoms with Crippen molar-refractivity contribution in [1.29, 1.82) is 0 Å². The Hall–Kier alpha value is -1.54. The molecule has 9 heteroatoms. The summed E-state index contributed by atoms with van der Waals surface area (Å²) in [6.07, 6.45) is 6.54. The number of amides is 3. The molecule has 0 aromatic heterocycles. The van der Waals surface area contributed by atoms with E-state index in [1.807, 2.05) is 0 Å². The molecule has 1 heterocycles. The molecule has 1 aromatic carbocycles. The van der Waals surface area contributed by atoms with Crippen LogP contribution in [0.3, 0.4) is 0 Å². The summed E-state index contributed by atoms with van der Waals surface area (Å²) >= 11 is 0. The van der Waals surface area contributed by atoms with E-state index in [1.165, 1.54) is 0 Å². The molecule has 0 radical (unpaired) electrons. The SMILES string of the molecule is CN1CCC(NC(=O)Nc2ccc(NC(=O)C3(N)CCCCC3)cc2)CC1.Cl.Cl. The predicted octanol–water partition coefficient (Wildman–Crippen LogP) is 3.35. The molecule has 2 aliphatic rings. The molecule has 1 aliphatic heterocycles. The Kier molecular flexibility index (Phi) is 10.2. The van der Waals surface area contributed by atoms with Crippen LogP contribution < -0.4 is 21.7 Å². The van der Waals surface area contributed by atoms with Crippen molar-refractivity contribution in [1.82, 2.24) is 10.2 Å². The van der Waals surface area contributed by atoms with Crippen LogP contribution in [0.2, 0.25) is 0 Å². The fourth-order valence-electron chi connectivity index (χ4n) is 3.81. The van der Waals surface area contributed by atoms with Crippen LogP contribution in [0.5, 0.6) is 0 Å². The van der Waals surface area contributed by atoms with Crippen LogP contribution in [-0.2, 0) is 4.79 Å². The number of halogens is 2. The fraction of sp³-hybridized carbons (Fsp3) is 0.600. The molecule has 7 nitrogen and oxygen atoms in total. The highest BCUT2D eigenvalue weighted by molar-refractivity contribution is 5.98. The van der Waals surface area contributed by atoms with Crippen LogP contribution >= 0.6 is 24.8 Å². The summed E-state index contributed by atoms with van der Waals surface area (Å²) in [6, 6.07) is 7.17. The first kappa shape index (κ1) is 25.5. The maximum absolute atomic E-state index is 12.5. The summed E-state index contributed by atoms with van der Waals surface area (Å²) in [5.41, 5.74) is 6.89. The lowest BCUT2D eigenvalue weighted by Gasteiger charge is -2.31. The number of carbonyl (C=O) groups excluding carboxylic acids is 2. The second-order valence-electron chi connectivity index (χ2n) is 7.92. The third-order valence-electron chi connectivity index (χ3n) is 5.65. The summed E-state index contributed by atoms with van der Waals surface area (Å²) in [7, 11) is 2.09. The molecule has 5 N–H and O–H groups in total. The second-order valence-corrected chi connectivity index (χ2v) is 7.92. The van der Waals surface area contributed by atoms with Crippen molar-refractivity contribution in [2.45, 2.75) is 56.5 Å². The van der Waals surface area contributed by atoms with Gasteiger partial charge in [0.05, 0.1) is 5.54 Å². The van der Waals surface area contributed by atoms with Crippen LogP contribution in [0.15, 0.2) is 24.3 Å². The van der Waals surface area contributed by atoms with E-state index < -0.39 is 5.54 Å². The molecule has 0 unspecified atom stereocenters. The van der Waals surface area contributed by atoms with E-state index in [0.29, 0.717) is 11.4 Å². The molecule has 1 saturated heterocycles. The number of piperidine rings is 1. The molecule has 0 atom stereocenters. The maximum Gasteiger partial charge on any atom is 0.319 e. The quantitative estimate of drug-likeness (QED) is 0.570. The zero-order valence-corrected chi connectivity index (χ0v) is 18.5. The monoisotopic (exact) mass is 445 g/mol. The molecule has 0 spiro atoms. The summed E-state index contributed by atoms with van der Waals surface area (Å²) in [5.74, 6) is -0.122. The van der Waals surface area contributed by atoms with E-state index in [9.17, 15) is 9.59 Å². The van der Waals surface area contributed by atoms with E-state index in [-0.39, 0.29) is 42.8 Å². The van der Waals surface area contributed by atoms with Gasteiger partial charge in [-0.3, -0.25) is 4.79 Å². The van der Waals surface area contributed by atoms with Gasteiger partial charge in [-0.2, -0.15) is 0 Å². The Bertz CT molecular complexity index is 657. The van der Waals surface area contributed by atoms with Crippen molar-refractivity contribution in [2.75, 3.05) is 30.8 Å². The number of urea groups is 1. The molecular formula is C20H33Cl2N5O2. The number of carbonyl (C=O) groups is 2. The van der Waals surface area contributed by atoms with Crippen molar-refractivity contribution < 1.29 is 9.59 Å². The van der Waals surface area contributed by atoms with Gasteiger partial charge >= 0.3 is 6.03 Å². The molecule has 29 heavy (non-hydrogen) atoms. The van der Waals surface area contributed by atoms with Gasteiger partial charge in [-0.25, -0.2) is 4.79 Å². The zero-order valence-electron chi connectivity index (χ0n) is 16.9. The number of nitrogens with zero attached hydrogens (tertiary/aromatic N) is 1. The van der Waals surface area contributed by atoms with Crippen LogP contribution in [0.1, 0.15) is 44.9 Å². The molecule has 3 rings (SSSR count). The highest BCUT2D eigenvalue weighted by Gasteiger charge is 2.35. The van der Waals surface area contributed by atoms with Crippen LogP contribution in [0.4, 0.5) is 16.2 Å². The largest absolute Gasteiger partial charge is 0.335 e. The zero-order chi connectivity index (χ0) is 19.3. The van der Waals surface area contributed by atoms with Crippen molar-refractivity contribution in [2.24, 2.45) is 5.73 Å². The highest BCUT2D eigenvalue weighted by atomic mass is 35.5. The minimum Gasteiger partial charge on any atom is -0.335 e. The summed E-state index contributed by atoms with van der Waals surface area (Å²) in [6.45, 7) is 2.00. The number of rotatable bonds is 4. The van der Waals surface area contributed by atoms with Gasteiger partial charge < -0.3 is 26.6 Å². The van der Waals surface area contributed by atoms with Gasteiger partial charge in [0.15, 0.2) is 0 Å². The van der Waals surface area contributed by atoms with E-state index in [1.54, 1.807) is 24.3 Å². The molecule has 1 saturated carbocycles. The van der Waals surface area contributed by atoms with E-state index in [0.717, 1.165) is 58.0 Å². The van der Waals surface area contributed by atoms with Gasteiger partial charge in [0.2, 0.25) is 5.91 Å². The van der Waals surface area contributed by atoms with Gasteiger partial charge in [0.25, 0.3) is 0 Å². The standard InChI is InChI=1S/C20H31N5O2.2ClH/c1-25-13-9-17(10-14-25)24-19(27)23-16-7-5-15(6-8-16)22-18(26)20(21)11-3-2-4-12-20;;/h5-8,17H,2-4,9-14,21H2,1H3,(H,22,26)(H2,23,24,27);2*1H. The average molecular weight is 446 g/mol. The van der Waals surface area contributed by atoms with Crippen molar-refractivity contribution in [3.8, 4) is 0 Å². The van der Waals surface area contributed by atoms with E-state index in [4.69, 9.17) is 5.73 Å².